The number of piperazine rings is 1. The zero-order chi connectivity index (χ0) is 17.5. The number of carbonyl (C=O) groups is 2. The van der Waals surface area contributed by atoms with E-state index in [2.05, 4.69) is 27.7 Å². The number of anilines is 1. The summed E-state index contributed by atoms with van der Waals surface area (Å²) in [6.45, 7) is 3.11. The maximum atomic E-state index is 12.3. The smallest absolute Gasteiger partial charge is 0.315 e. The Labute approximate surface area is 149 Å². The average molecular weight is 344 g/mol. The fourth-order valence-corrected chi connectivity index (χ4v) is 3.60. The number of urea groups is 1. The summed E-state index contributed by atoms with van der Waals surface area (Å²) < 4.78 is 0. The molecule has 1 saturated heterocycles. The van der Waals surface area contributed by atoms with Crippen molar-refractivity contribution in [3.63, 3.8) is 0 Å². The Morgan fingerprint density at radius 1 is 0.960 bits per heavy atom. The van der Waals surface area contributed by atoms with E-state index >= 15 is 0 Å². The highest BCUT2D eigenvalue weighted by atomic mass is 16.2. The van der Waals surface area contributed by atoms with Crippen LogP contribution in [-0.4, -0.2) is 55.6 Å². The Balaban J connectivity index is 1.37. The molecular formula is C19H28N4O2. The van der Waals surface area contributed by atoms with Crippen LogP contribution in [0.2, 0.25) is 0 Å². The third-order valence-corrected chi connectivity index (χ3v) is 5.09. The Morgan fingerprint density at radius 2 is 1.64 bits per heavy atom. The summed E-state index contributed by atoms with van der Waals surface area (Å²) in [5.41, 5.74) is 1.19. The summed E-state index contributed by atoms with van der Waals surface area (Å²) in [4.78, 5) is 28.4. The monoisotopic (exact) mass is 344 g/mol. The highest BCUT2D eigenvalue weighted by molar-refractivity contribution is 5.84. The predicted molar refractivity (Wildman–Crippen MR) is 98.6 cm³/mol. The van der Waals surface area contributed by atoms with Crippen molar-refractivity contribution in [2.24, 2.45) is 0 Å². The molecule has 2 N–H and O–H groups in total. The van der Waals surface area contributed by atoms with Crippen LogP contribution < -0.4 is 15.5 Å². The number of hydrogen-bond acceptors (Lipinski definition) is 3. The molecule has 0 unspecified atom stereocenters. The van der Waals surface area contributed by atoms with E-state index < -0.39 is 0 Å². The van der Waals surface area contributed by atoms with Crippen LogP contribution in [0, 0.1) is 0 Å². The number of nitrogens with one attached hydrogen (secondary N) is 2. The summed E-state index contributed by atoms with van der Waals surface area (Å²) in [5, 5.41) is 5.69. The first-order valence-corrected chi connectivity index (χ1v) is 9.34. The van der Waals surface area contributed by atoms with Crippen molar-refractivity contribution in [3.8, 4) is 0 Å². The molecule has 1 heterocycles. The van der Waals surface area contributed by atoms with Gasteiger partial charge in [-0.3, -0.25) is 4.79 Å². The van der Waals surface area contributed by atoms with Gasteiger partial charge in [0.05, 0.1) is 6.54 Å². The standard InChI is InChI=1S/C19H28N4O2/c24-18(15-20-19(25)21-16-7-3-1-4-8-16)23-13-11-22(12-14-23)17-9-5-2-6-10-17/h2,5-6,9-10,16H,1,3-4,7-8,11-15H2,(H2,20,21,25). The van der Waals surface area contributed by atoms with Gasteiger partial charge in [0.25, 0.3) is 0 Å². The van der Waals surface area contributed by atoms with Gasteiger partial charge in [0, 0.05) is 37.9 Å². The van der Waals surface area contributed by atoms with Gasteiger partial charge in [-0.25, -0.2) is 4.79 Å². The van der Waals surface area contributed by atoms with Crippen LogP contribution in [0.5, 0.6) is 0 Å². The van der Waals surface area contributed by atoms with Gasteiger partial charge in [0.1, 0.15) is 0 Å². The number of amides is 3. The first-order chi connectivity index (χ1) is 12.2. The molecule has 0 radical (unpaired) electrons. The highest BCUT2D eigenvalue weighted by Gasteiger charge is 2.22. The van der Waals surface area contributed by atoms with Crippen molar-refractivity contribution in [3.05, 3.63) is 30.3 Å². The van der Waals surface area contributed by atoms with Gasteiger partial charge >= 0.3 is 6.03 Å². The molecule has 3 rings (SSSR count). The summed E-state index contributed by atoms with van der Waals surface area (Å²) in [5.74, 6) is -0.00786. The van der Waals surface area contributed by atoms with Crippen molar-refractivity contribution >= 4 is 17.6 Å². The van der Waals surface area contributed by atoms with E-state index in [0.717, 1.165) is 25.9 Å². The zero-order valence-electron chi connectivity index (χ0n) is 14.7. The van der Waals surface area contributed by atoms with E-state index in [1.165, 1.54) is 24.9 Å². The van der Waals surface area contributed by atoms with E-state index in [1.54, 1.807) is 0 Å². The molecule has 6 nitrogen and oxygen atoms in total. The summed E-state index contributed by atoms with van der Waals surface area (Å²) in [6.07, 6.45) is 5.70. The number of carbonyl (C=O) groups excluding carboxylic acids is 2. The SMILES string of the molecule is O=C(NCC(=O)N1CCN(c2ccccc2)CC1)NC1CCCCC1. The molecule has 25 heavy (non-hydrogen) atoms. The molecule has 0 atom stereocenters. The molecule has 3 amide bonds. The van der Waals surface area contributed by atoms with Crippen molar-refractivity contribution in [1.82, 2.24) is 15.5 Å². The van der Waals surface area contributed by atoms with E-state index in [-0.39, 0.29) is 24.5 Å². The second-order valence-electron chi connectivity index (χ2n) is 6.87. The van der Waals surface area contributed by atoms with Crippen molar-refractivity contribution < 1.29 is 9.59 Å². The predicted octanol–water partition coefficient (Wildman–Crippen LogP) is 1.97. The molecular weight excluding hydrogens is 316 g/mol. The molecule has 1 saturated carbocycles. The third-order valence-electron chi connectivity index (χ3n) is 5.09. The molecule has 136 valence electrons. The van der Waals surface area contributed by atoms with E-state index in [9.17, 15) is 9.59 Å². The Morgan fingerprint density at radius 3 is 2.32 bits per heavy atom. The fraction of sp³-hybridized carbons (Fsp3) is 0.579. The Bertz CT molecular complexity index is 564. The van der Waals surface area contributed by atoms with Crippen LogP contribution in [0.3, 0.4) is 0 Å². The molecule has 1 aromatic carbocycles. The van der Waals surface area contributed by atoms with Crippen LogP contribution in [-0.2, 0) is 4.79 Å². The van der Waals surface area contributed by atoms with Gasteiger partial charge in [0.15, 0.2) is 0 Å². The molecule has 6 heteroatoms. The van der Waals surface area contributed by atoms with Crippen molar-refractivity contribution in [2.45, 2.75) is 38.1 Å². The lowest BCUT2D eigenvalue weighted by atomic mass is 9.96. The second-order valence-corrected chi connectivity index (χ2v) is 6.87. The van der Waals surface area contributed by atoms with Gasteiger partial charge in [0.2, 0.25) is 5.91 Å². The minimum Gasteiger partial charge on any atom is -0.368 e. The first kappa shape index (κ1) is 17.6. The number of hydrogen-bond donors (Lipinski definition) is 2. The number of benzene rings is 1. The lowest BCUT2D eigenvalue weighted by Gasteiger charge is -2.36. The minimum atomic E-state index is -0.219. The van der Waals surface area contributed by atoms with Crippen LogP contribution in [0.1, 0.15) is 32.1 Å². The maximum absolute atomic E-state index is 12.3. The van der Waals surface area contributed by atoms with E-state index in [1.807, 2.05) is 23.1 Å². The fourth-order valence-electron chi connectivity index (χ4n) is 3.60. The second kappa shape index (κ2) is 8.74. The molecule has 2 aliphatic rings. The largest absolute Gasteiger partial charge is 0.368 e. The topological polar surface area (TPSA) is 64.7 Å². The highest BCUT2D eigenvalue weighted by Crippen LogP contribution is 2.17. The van der Waals surface area contributed by atoms with Crippen LogP contribution >= 0.6 is 0 Å². The van der Waals surface area contributed by atoms with Crippen LogP contribution in [0.4, 0.5) is 10.5 Å². The van der Waals surface area contributed by atoms with Gasteiger partial charge in [-0.15, -0.1) is 0 Å². The summed E-state index contributed by atoms with van der Waals surface area (Å²) in [7, 11) is 0. The number of nitrogens with zero attached hydrogens (tertiary/aromatic N) is 2. The lowest BCUT2D eigenvalue weighted by Crippen LogP contribution is -2.52. The quantitative estimate of drug-likeness (QED) is 0.878. The first-order valence-electron chi connectivity index (χ1n) is 9.34. The molecule has 0 bridgehead atoms. The van der Waals surface area contributed by atoms with Crippen molar-refractivity contribution in [2.75, 3.05) is 37.6 Å². The van der Waals surface area contributed by atoms with Gasteiger partial charge < -0.3 is 20.4 Å². The van der Waals surface area contributed by atoms with Crippen LogP contribution in [0.25, 0.3) is 0 Å². The van der Waals surface area contributed by atoms with E-state index in [0.29, 0.717) is 13.1 Å². The Hall–Kier alpha value is -2.24. The maximum Gasteiger partial charge on any atom is 0.315 e. The molecule has 1 aromatic rings. The molecule has 0 aromatic heterocycles. The molecule has 0 spiro atoms. The average Bonchev–Trinajstić information content (AvgIpc) is 2.68. The normalized spacial score (nSPS) is 18.7. The number of rotatable bonds is 4. The molecule has 2 fully saturated rings. The van der Waals surface area contributed by atoms with E-state index in [4.69, 9.17) is 0 Å². The summed E-state index contributed by atoms with van der Waals surface area (Å²) >= 11 is 0. The van der Waals surface area contributed by atoms with Crippen LogP contribution in [0.15, 0.2) is 30.3 Å². The lowest BCUT2D eigenvalue weighted by molar-refractivity contribution is -0.130. The zero-order valence-corrected chi connectivity index (χ0v) is 14.7. The van der Waals surface area contributed by atoms with Gasteiger partial charge in [-0.2, -0.15) is 0 Å². The van der Waals surface area contributed by atoms with Gasteiger partial charge in [-0.1, -0.05) is 37.5 Å². The minimum absolute atomic E-state index is 0.00786. The Kier molecular flexibility index (Phi) is 6.14. The summed E-state index contributed by atoms with van der Waals surface area (Å²) in [6, 6.07) is 10.3. The van der Waals surface area contributed by atoms with Crippen molar-refractivity contribution in [1.29, 1.82) is 0 Å². The molecule has 1 aliphatic heterocycles. The number of para-hydroxylation sites is 1. The molecule has 1 aliphatic carbocycles. The van der Waals surface area contributed by atoms with Gasteiger partial charge in [-0.05, 0) is 25.0 Å². The third kappa shape index (κ3) is 5.11.